The normalized spacial score (nSPS) is 19.3. The number of ether oxygens (including phenoxy) is 2. The average Bonchev–Trinajstić information content (AvgIpc) is 3.07. The van der Waals surface area contributed by atoms with Gasteiger partial charge in [0.2, 0.25) is 5.91 Å². The van der Waals surface area contributed by atoms with E-state index in [1.165, 1.54) is 11.3 Å². The molecule has 1 fully saturated rings. The van der Waals surface area contributed by atoms with Gasteiger partial charge in [0.15, 0.2) is 5.13 Å². The average molecular weight is 416 g/mol. The van der Waals surface area contributed by atoms with Gasteiger partial charge in [0.1, 0.15) is 17.4 Å². The van der Waals surface area contributed by atoms with Gasteiger partial charge in [-0.05, 0) is 32.9 Å². The summed E-state index contributed by atoms with van der Waals surface area (Å²) in [6.07, 6.45) is 1.34. The highest BCUT2D eigenvalue weighted by Crippen LogP contribution is 2.36. The molecule has 29 heavy (non-hydrogen) atoms. The Morgan fingerprint density at radius 1 is 1.31 bits per heavy atom. The molecule has 2 aliphatic rings. The monoisotopic (exact) mass is 415 g/mol. The Morgan fingerprint density at radius 3 is 2.76 bits per heavy atom. The SMILES string of the molecule is Cc1ccc2c(c1)C(=O)N([C@H](C)C(=O)Nc1nc(C)cs1)CC1(CCOCC1)O2. The first-order valence-electron chi connectivity index (χ1n) is 9.78. The minimum absolute atomic E-state index is 0.190. The first-order valence-corrected chi connectivity index (χ1v) is 10.7. The lowest BCUT2D eigenvalue weighted by molar-refractivity contribution is -0.121. The smallest absolute Gasteiger partial charge is 0.258 e. The van der Waals surface area contributed by atoms with Gasteiger partial charge in [0.25, 0.3) is 5.91 Å². The maximum Gasteiger partial charge on any atom is 0.258 e. The molecule has 1 aromatic heterocycles. The first-order chi connectivity index (χ1) is 13.9. The van der Waals surface area contributed by atoms with Crippen molar-refractivity contribution < 1.29 is 19.1 Å². The summed E-state index contributed by atoms with van der Waals surface area (Å²) in [5, 5.41) is 5.25. The van der Waals surface area contributed by atoms with Gasteiger partial charge in [0.05, 0.1) is 31.0 Å². The van der Waals surface area contributed by atoms with E-state index < -0.39 is 11.6 Å². The third-order valence-corrected chi connectivity index (χ3v) is 6.39. The second-order valence-electron chi connectivity index (χ2n) is 7.79. The van der Waals surface area contributed by atoms with Crippen molar-refractivity contribution in [3.8, 4) is 5.75 Å². The number of nitrogens with one attached hydrogen (secondary N) is 1. The van der Waals surface area contributed by atoms with Gasteiger partial charge >= 0.3 is 0 Å². The minimum atomic E-state index is -0.665. The van der Waals surface area contributed by atoms with Crippen LogP contribution in [0.25, 0.3) is 0 Å². The second kappa shape index (κ2) is 7.76. The summed E-state index contributed by atoms with van der Waals surface area (Å²) in [5.41, 5.74) is 1.76. The molecule has 7 nitrogen and oxygen atoms in total. The van der Waals surface area contributed by atoms with Crippen LogP contribution < -0.4 is 10.1 Å². The molecule has 1 N–H and O–H groups in total. The summed E-state index contributed by atoms with van der Waals surface area (Å²) in [5.74, 6) is 0.129. The first kappa shape index (κ1) is 19.8. The predicted octanol–water partition coefficient (Wildman–Crippen LogP) is 3.17. The molecule has 0 radical (unpaired) electrons. The number of rotatable bonds is 3. The van der Waals surface area contributed by atoms with Gasteiger partial charge in [-0.3, -0.25) is 9.59 Å². The van der Waals surface area contributed by atoms with Crippen LogP contribution in [0.2, 0.25) is 0 Å². The number of aromatic nitrogens is 1. The third-order valence-electron chi connectivity index (χ3n) is 5.51. The lowest BCUT2D eigenvalue weighted by Gasteiger charge is -2.40. The van der Waals surface area contributed by atoms with Crippen molar-refractivity contribution in [2.45, 2.75) is 45.3 Å². The minimum Gasteiger partial charge on any atom is -0.484 e. The molecule has 0 saturated carbocycles. The highest BCUT2D eigenvalue weighted by Gasteiger charge is 2.44. The van der Waals surface area contributed by atoms with E-state index in [-0.39, 0.29) is 11.8 Å². The van der Waals surface area contributed by atoms with Crippen molar-refractivity contribution in [1.82, 2.24) is 9.88 Å². The van der Waals surface area contributed by atoms with Gasteiger partial charge in [0, 0.05) is 18.2 Å². The van der Waals surface area contributed by atoms with Crippen molar-refractivity contribution >= 4 is 28.3 Å². The number of amides is 2. The third kappa shape index (κ3) is 4.00. The van der Waals surface area contributed by atoms with Gasteiger partial charge in [-0.25, -0.2) is 4.98 Å². The summed E-state index contributed by atoms with van der Waals surface area (Å²) >= 11 is 1.37. The van der Waals surface area contributed by atoms with Crippen molar-refractivity contribution in [3.63, 3.8) is 0 Å². The molecular formula is C21H25N3O4S. The fraction of sp³-hybridized carbons (Fsp3) is 0.476. The molecule has 2 aliphatic heterocycles. The van der Waals surface area contributed by atoms with Gasteiger partial charge in [-0.15, -0.1) is 11.3 Å². The highest BCUT2D eigenvalue weighted by molar-refractivity contribution is 7.13. The zero-order chi connectivity index (χ0) is 20.6. The number of nitrogens with zero attached hydrogens (tertiary/aromatic N) is 2. The van der Waals surface area contributed by atoms with Crippen LogP contribution in [0.4, 0.5) is 5.13 Å². The second-order valence-corrected chi connectivity index (χ2v) is 8.65. The highest BCUT2D eigenvalue weighted by atomic mass is 32.1. The molecule has 2 aromatic rings. The molecule has 1 aromatic carbocycles. The largest absolute Gasteiger partial charge is 0.484 e. The summed E-state index contributed by atoms with van der Waals surface area (Å²) in [4.78, 5) is 32.3. The molecule has 4 rings (SSSR count). The van der Waals surface area contributed by atoms with Crippen molar-refractivity contribution in [3.05, 3.63) is 40.4 Å². The zero-order valence-electron chi connectivity index (χ0n) is 16.9. The number of hydrogen-bond acceptors (Lipinski definition) is 6. The maximum absolute atomic E-state index is 13.4. The molecule has 0 aliphatic carbocycles. The Morgan fingerprint density at radius 2 is 2.07 bits per heavy atom. The number of carbonyl (C=O) groups excluding carboxylic acids is 2. The Hall–Kier alpha value is -2.45. The van der Waals surface area contributed by atoms with Gasteiger partial charge in [-0.2, -0.15) is 0 Å². The lowest BCUT2D eigenvalue weighted by Crippen LogP contribution is -2.55. The number of fused-ring (bicyclic) bond motifs is 1. The van der Waals surface area contributed by atoms with Gasteiger partial charge in [-0.1, -0.05) is 11.6 Å². The van der Waals surface area contributed by atoms with Crippen LogP contribution >= 0.6 is 11.3 Å². The molecule has 154 valence electrons. The molecule has 0 unspecified atom stereocenters. The van der Waals surface area contributed by atoms with Crippen LogP contribution in [0.5, 0.6) is 5.75 Å². The van der Waals surface area contributed by atoms with E-state index in [1.807, 2.05) is 37.4 Å². The van der Waals surface area contributed by atoms with E-state index in [1.54, 1.807) is 11.8 Å². The molecule has 3 heterocycles. The number of carbonyl (C=O) groups is 2. The summed E-state index contributed by atoms with van der Waals surface area (Å²) < 4.78 is 11.9. The number of thiazole rings is 1. The summed E-state index contributed by atoms with van der Waals surface area (Å²) in [7, 11) is 0. The fourth-order valence-electron chi connectivity index (χ4n) is 3.78. The molecule has 1 atom stereocenters. The van der Waals surface area contributed by atoms with E-state index in [0.29, 0.717) is 49.0 Å². The van der Waals surface area contributed by atoms with Crippen LogP contribution in [0, 0.1) is 13.8 Å². The van der Waals surface area contributed by atoms with Crippen LogP contribution in [0.1, 0.15) is 41.4 Å². The lowest BCUT2D eigenvalue weighted by atomic mass is 9.93. The van der Waals surface area contributed by atoms with Crippen molar-refractivity contribution in [2.24, 2.45) is 0 Å². The number of anilines is 1. The number of aryl methyl sites for hydroxylation is 2. The van der Waals surface area contributed by atoms with Crippen LogP contribution in [0.15, 0.2) is 23.6 Å². The van der Waals surface area contributed by atoms with Crippen molar-refractivity contribution in [2.75, 3.05) is 25.1 Å². The number of benzene rings is 1. The van der Waals surface area contributed by atoms with Gasteiger partial charge < -0.3 is 19.7 Å². The fourth-order valence-corrected chi connectivity index (χ4v) is 4.47. The molecule has 1 spiro atoms. The van der Waals surface area contributed by atoms with E-state index in [0.717, 1.165) is 11.3 Å². The molecule has 0 bridgehead atoms. The van der Waals surface area contributed by atoms with E-state index in [2.05, 4.69) is 10.3 Å². The Balaban J connectivity index is 1.66. The van der Waals surface area contributed by atoms with E-state index in [4.69, 9.17) is 9.47 Å². The van der Waals surface area contributed by atoms with Crippen LogP contribution in [-0.2, 0) is 9.53 Å². The quantitative estimate of drug-likeness (QED) is 0.833. The Labute approximate surface area is 174 Å². The molecule has 1 saturated heterocycles. The Bertz CT molecular complexity index is 936. The summed E-state index contributed by atoms with van der Waals surface area (Å²) in [6.45, 7) is 7.05. The van der Waals surface area contributed by atoms with Crippen LogP contribution in [0.3, 0.4) is 0 Å². The molecule has 8 heteroatoms. The summed E-state index contributed by atoms with van der Waals surface area (Å²) in [6, 6.07) is 4.96. The molecule has 2 amide bonds. The standard InChI is InChI=1S/C21H25N3O4S/c1-13-4-5-17-16(10-13)19(26)24(12-21(28-17)6-8-27-9-7-21)15(3)18(25)23-20-22-14(2)11-29-20/h4-5,10-11,15H,6-9,12H2,1-3H3,(H,22,23,25)/t15-/m1/s1. The van der Waals surface area contributed by atoms with E-state index in [9.17, 15) is 9.59 Å². The van der Waals surface area contributed by atoms with Crippen molar-refractivity contribution in [1.29, 1.82) is 0 Å². The maximum atomic E-state index is 13.4. The zero-order valence-corrected chi connectivity index (χ0v) is 17.7. The Kier molecular flexibility index (Phi) is 5.31. The predicted molar refractivity (Wildman–Crippen MR) is 111 cm³/mol. The molecular weight excluding hydrogens is 390 g/mol. The van der Waals surface area contributed by atoms with E-state index >= 15 is 0 Å². The topological polar surface area (TPSA) is 80.8 Å². The van der Waals surface area contributed by atoms with Crippen LogP contribution in [-0.4, -0.2) is 53.1 Å². The number of hydrogen-bond donors (Lipinski definition) is 1.